The number of hydrogen-bond acceptors (Lipinski definition) is 7. The number of hydrogen-bond donors (Lipinski definition) is 1. The maximum atomic E-state index is 13.1. The number of isocyanates is 1. The second-order valence-electron chi connectivity index (χ2n) is 6.83. The summed E-state index contributed by atoms with van der Waals surface area (Å²) >= 11 is 0. The standard InChI is InChI=1S/C22H21N3O6/c1-4-31-19-10-14(6-8-18(19)30-3)17(11-20(27)24-23-12-26)25-21(28)15-7-5-13(2)9-16(15)22(25)29/h5-10,17H,4,11H2,1-3H3,(H,24,27). The number of benzene rings is 2. The lowest BCUT2D eigenvalue weighted by Crippen LogP contribution is -2.37. The quantitative estimate of drug-likeness (QED) is 0.302. The van der Waals surface area contributed by atoms with Crippen molar-refractivity contribution in [3.63, 3.8) is 0 Å². The molecule has 0 saturated carbocycles. The molecule has 0 fully saturated rings. The first kappa shape index (κ1) is 21.7. The van der Waals surface area contributed by atoms with Crippen molar-refractivity contribution in [2.24, 2.45) is 5.10 Å². The second kappa shape index (κ2) is 9.23. The summed E-state index contributed by atoms with van der Waals surface area (Å²) in [6, 6.07) is 8.93. The van der Waals surface area contributed by atoms with E-state index in [1.54, 1.807) is 43.3 Å². The van der Waals surface area contributed by atoms with Crippen molar-refractivity contribution in [1.29, 1.82) is 0 Å². The number of carbonyl (C=O) groups excluding carboxylic acids is 4. The van der Waals surface area contributed by atoms with E-state index in [1.807, 2.05) is 12.3 Å². The molecule has 1 aliphatic rings. The molecule has 160 valence electrons. The third kappa shape index (κ3) is 4.31. The minimum atomic E-state index is -0.959. The van der Waals surface area contributed by atoms with E-state index in [0.717, 1.165) is 10.5 Å². The van der Waals surface area contributed by atoms with Crippen LogP contribution in [0.4, 0.5) is 0 Å². The van der Waals surface area contributed by atoms with Gasteiger partial charge in [-0.05, 0) is 43.7 Å². The van der Waals surface area contributed by atoms with Crippen LogP contribution in [0.2, 0.25) is 0 Å². The van der Waals surface area contributed by atoms with Gasteiger partial charge in [-0.15, -0.1) is 0 Å². The fraction of sp³-hybridized carbons (Fsp3) is 0.273. The third-order valence-corrected chi connectivity index (χ3v) is 4.86. The Hall–Kier alpha value is -3.97. The molecule has 0 spiro atoms. The molecule has 9 heteroatoms. The van der Waals surface area contributed by atoms with Crippen LogP contribution in [0.1, 0.15) is 51.2 Å². The van der Waals surface area contributed by atoms with Gasteiger partial charge in [0.2, 0.25) is 5.91 Å². The second-order valence-corrected chi connectivity index (χ2v) is 6.83. The molecule has 0 aliphatic carbocycles. The lowest BCUT2D eigenvalue weighted by atomic mass is 10.0. The summed E-state index contributed by atoms with van der Waals surface area (Å²) in [5, 5.41) is 3.07. The molecule has 0 bridgehead atoms. The molecule has 1 heterocycles. The molecule has 3 amide bonds. The third-order valence-electron chi connectivity index (χ3n) is 4.86. The van der Waals surface area contributed by atoms with E-state index in [-0.39, 0.29) is 17.5 Å². The summed E-state index contributed by atoms with van der Waals surface area (Å²) < 4.78 is 10.9. The number of rotatable bonds is 8. The molecule has 1 atom stereocenters. The molecule has 0 radical (unpaired) electrons. The van der Waals surface area contributed by atoms with E-state index >= 15 is 0 Å². The van der Waals surface area contributed by atoms with Gasteiger partial charge in [-0.2, -0.15) is 0 Å². The molecule has 1 N–H and O–H groups in total. The Morgan fingerprint density at radius 2 is 1.87 bits per heavy atom. The highest BCUT2D eigenvalue weighted by Gasteiger charge is 2.41. The van der Waals surface area contributed by atoms with Crippen molar-refractivity contribution in [1.82, 2.24) is 10.3 Å². The van der Waals surface area contributed by atoms with Gasteiger partial charge in [-0.3, -0.25) is 19.3 Å². The number of fused-ring (bicyclic) bond motifs is 1. The summed E-state index contributed by atoms with van der Waals surface area (Å²) in [7, 11) is 1.49. The Balaban J connectivity index is 2.06. The van der Waals surface area contributed by atoms with Crippen LogP contribution in [0, 0.1) is 6.92 Å². The average Bonchev–Trinajstić information content (AvgIpc) is 3.00. The molecule has 0 aromatic heterocycles. The van der Waals surface area contributed by atoms with E-state index < -0.39 is 23.8 Å². The molecule has 2 aromatic rings. The van der Waals surface area contributed by atoms with Crippen LogP contribution in [0.25, 0.3) is 0 Å². The minimum absolute atomic E-state index is 0.269. The van der Waals surface area contributed by atoms with Gasteiger partial charge in [0.05, 0.1) is 37.3 Å². The zero-order valence-electron chi connectivity index (χ0n) is 17.3. The Morgan fingerprint density at radius 1 is 1.13 bits per heavy atom. The highest BCUT2D eigenvalue weighted by Crippen LogP contribution is 2.37. The zero-order chi connectivity index (χ0) is 22.5. The van der Waals surface area contributed by atoms with Crippen LogP contribution in [0.15, 0.2) is 41.5 Å². The van der Waals surface area contributed by atoms with Gasteiger partial charge in [0.1, 0.15) is 0 Å². The first-order chi connectivity index (χ1) is 14.9. The molecule has 0 saturated heterocycles. The van der Waals surface area contributed by atoms with Crippen LogP contribution in [0.3, 0.4) is 0 Å². The molecular formula is C22H21N3O6. The Morgan fingerprint density at radius 3 is 2.55 bits per heavy atom. The van der Waals surface area contributed by atoms with Crippen molar-refractivity contribution in [2.75, 3.05) is 13.7 Å². The first-order valence-electron chi connectivity index (χ1n) is 9.56. The van der Waals surface area contributed by atoms with Gasteiger partial charge < -0.3 is 9.47 Å². The summed E-state index contributed by atoms with van der Waals surface area (Å²) in [4.78, 5) is 49.9. The minimum Gasteiger partial charge on any atom is -0.493 e. The summed E-state index contributed by atoms with van der Waals surface area (Å²) in [5.74, 6) is -0.793. The number of nitrogens with one attached hydrogen (secondary N) is 1. The molecular weight excluding hydrogens is 402 g/mol. The lowest BCUT2D eigenvalue weighted by molar-refractivity contribution is -0.121. The number of imide groups is 1. The topological polar surface area (TPSA) is 114 Å². The molecule has 9 nitrogen and oxygen atoms in total. The fourth-order valence-electron chi connectivity index (χ4n) is 3.49. The number of methoxy groups -OCH3 is 1. The molecule has 31 heavy (non-hydrogen) atoms. The van der Waals surface area contributed by atoms with Crippen molar-refractivity contribution >= 4 is 23.8 Å². The van der Waals surface area contributed by atoms with Gasteiger partial charge in [-0.25, -0.2) is 10.2 Å². The monoisotopic (exact) mass is 423 g/mol. The van der Waals surface area contributed by atoms with Crippen molar-refractivity contribution in [3.8, 4) is 11.5 Å². The van der Waals surface area contributed by atoms with E-state index in [2.05, 4.69) is 5.10 Å². The smallest absolute Gasteiger partial charge is 0.262 e. The maximum Gasteiger partial charge on any atom is 0.262 e. The Labute approximate surface area is 178 Å². The van der Waals surface area contributed by atoms with E-state index in [4.69, 9.17) is 9.47 Å². The number of ether oxygens (including phenoxy) is 2. The Bertz CT molecular complexity index is 1090. The predicted molar refractivity (Wildman–Crippen MR) is 109 cm³/mol. The average molecular weight is 423 g/mol. The Kier molecular flexibility index (Phi) is 6.47. The number of amides is 3. The molecule has 3 rings (SSSR count). The summed E-state index contributed by atoms with van der Waals surface area (Å²) in [5.41, 5.74) is 3.90. The maximum absolute atomic E-state index is 13.1. The zero-order valence-corrected chi connectivity index (χ0v) is 17.3. The number of hydrazone groups is 1. The normalized spacial score (nSPS) is 13.3. The van der Waals surface area contributed by atoms with Crippen molar-refractivity contribution < 1.29 is 28.7 Å². The van der Waals surface area contributed by atoms with Gasteiger partial charge in [0.15, 0.2) is 11.5 Å². The van der Waals surface area contributed by atoms with Crippen molar-refractivity contribution in [2.45, 2.75) is 26.3 Å². The number of nitrogens with zero attached hydrogens (tertiary/aromatic N) is 2. The summed E-state index contributed by atoms with van der Waals surface area (Å²) in [6.07, 6.45) is 0.907. The van der Waals surface area contributed by atoms with Crippen LogP contribution in [0.5, 0.6) is 11.5 Å². The van der Waals surface area contributed by atoms with Crippen LogP contribution in [-0.4, -0.2) is 42.4 Å². The fourth-order valence-corrected chi connectivity index (χ4v) is 3.49. The molecule has 1 aliphatic heterocycles. The highest BCUT2D eigenvalue weighted by atomic mass is 16.5. The SMILES string of the molecule is CCOc1cc(C(CC(=O)NN=C=O)N2C(=O)c3ccc(C)cc3C2=O)ccc1OC. The molecule has 2 aromatic carbocycles. The highest BCUT2D eigenvalue weighted by molar-refractivity contribution is 6.21. The van der Waals surface area contributed by atoms with Crippen molar-refractivity contribution in [3.05, 3.63) is 58.7 Å². The predicted octanol–water partition coefficient (Wildman–Crippen LogP) is 2.50. The van der Waals surface area contributed by atoms with Gasteiger partial charge in [0, 0.05) is 0 Å². The number of carbonyl (C=O) groups is 3. The van der Waals surface area contributed by atoms with E-state index in [9.17, 15) is 19.2 Å². The van der Waals surface area contributed by atoms with Crippen LogP contribution < -0.4 is 14.9 Å². The van der Waals surface area contributed by atoms with Crippen LogP contribution in [-0.2, 0) is 9.59 Å². The largest absolute Gasteiger partial charge is 0.493 e. The van der Waals surface area contributed by atoms with Crippen LogP contribution >= 0.6 is 0 Å². The summed E-state index contributed by atoms with van der Waals surface area (Å²) in [6.45, 7) is 3.99. The lowest BCUT2D eigenvalue weighted by Gasteiger charge is -2.26. The molecule has 1 unspecified atom stereocenters. The first-order valence-corrected chi connectivity index (χ1v) is 9.56. The van der Waals surface area contributed by atoms with Gasteiger partial charge in [0.25, 0.3) is 17.9 Å². The van der Waals surface area contributed by atoms with Gasteiger partial charge >= 0.3 is 0 Å². The number of aryl methyl sites for hydroxylation is 1. The van der Waals surface area contributed by atoms with E-state index in [0.29, 0.717) is 23.7 Å². The van der Waals surface area contributed by atoms with Gasteiger partial charge in [-0.1, -0.05) is 22.8 Å². The van der Waals surface area contributed by atoms with E-state index in [1.165, 1.54) is 13.2 Å².